The topological polar surface area (TPSA) is 136 Å². The zero-order valence-corrected chi connectivity index (χ0v) is 14.5. The summed E-state index contributed by atoms with van der Waals surface area (Å²) in [6.07, 6.45) is -3.44. The lowest BCUT2D eigenvalue weighted by Crippen LogP contribution is -2.62. The Morgan fingerprint density at radius 2 is 1.24 bits per heavy atom. The first-order valence-corrected chi connectivity index (χ1v) is 8.27. The fraction of sp³-hybridized carbons (Fsp3) is 1.00. The summed E-state index contributed by atoms with van der Waals surface area (Å²) < 4.78 is 33.4. The van der Waals surface area contributed by atoms with E-state index in [1.54, 1.807) is 0 Å². The second-order valence-electron chi connectivity index (χ2n) is 5.25. The van der Waals surface area contributed by atoms with Gasteiger partial charge in [0.1, 0.15) is 24.4 Å². The van der Waals surface area contributed by atoms with Crippen molar-refractivity contribution in [1.82, 2.24) is 0 Å². The quantitative estimate of drug-likeness (QED) is 0.243. The Labute approximate surface area is 147 Å². The third-order valence-corrected chi connectivity index (χ3v) is 3.55. The van der Waals surface area contributed by atoms with Crippen molar-refractivity contribution in [3.8, 4) is 0 Å². The van der Waals surface area contributed by atoms with Crippen LogP contribution in [0.15, 0.2) is 0 Å². The zero-order chi connectivity index (χ0) is 18.5. The average molecular weight is 370 g/mol. The Balaban J connectivity index is 2.93. The molecule has 150 valence electrons. The summed E-state index contributed by atoms with van der Waals surface area (Å²) in [6, 6.07) is 0. The van der Waals surface area contributed by atoms with E-state index in [4.69, 9.17) is 48.8 Å². The minimum atomic E-state index is -0.799. The summed E-state index contributed by atoms with van der Waals surface area (Å²) in [5.41, 5.74) is 0. The van der Waals surface area contributed by atoms with Gasteiger partial charge in [0.2, 0.25) is 0 Å². The fourth-order valence-electron chi connectivity index (χ4n) is 2.60. The number of aliphatic hydroxyl groups excluding tert-OH is 4. The van der Waals surface area contributed by atoms with Crippen LogP contribution in [0.25, 0.3) is 0 Å². The van der Waals surface area contributed by atoms with Crippen LogP contribution in [0.4, 0.5) is 0 Å². The van der Waals surface area contributed by atoms with E-state index in [2.05, 4.69) is 0 Å². The van der Waals surface area contributed by atoms with Gasteiger partial charge in [-0.1, -0.05) is 0 Å². The Bertz CT molecular complexity index is 319. The molecular weight excluding hydrogens is 340 g/mol. The first-order chi connectivity index (χ1) is 12.2. The number of ether oxygens (including phenoxy) is 6. The van der Waals surface area contributed by atoms with E-state index in [0.29, 0.717) is 0 Å². The third-order valence-electron chi connectivity index (χ3n) is 3.55. The second kappa shape index (κ2) is 13.8. The molecule has 1 heterocycles. The predicted molar refractivity (Wildman–Crippen MR) is 84.1 cm³/mol. The number of hydrogen-bond donors (Lipinski definition) is 4. The molecule has 25 heavy (non-hydrogen) atoms. The molecular formula is C15H30O10. The van der Waals surface area contributed by atoms with E-state index in [0.717, 1.165) is 0 Å². The maximum absolute atomic E-state index is 9.08. The van der Waals surface area contributed by atoms with E-state index in [1.165, 1.54) is 7.11 Å². The molecule has 0 amide bonds. The molecule has 0 aromatic carbocycles. The molecule has 10 heteroatoms. The number of rotatable bonds is 14. The van der Waals surface area contributed by atoms with Crippen molar-refractivity contribution in [1.29, 1.82) is 0 Å². The van der Waals surface area contributed by atoms with Gasteiger partial charge in [-0.15, -0.1) is 0 Å². The smallest absolute Gasteiger partial charge is 0.186 e. The summed E-state index contributed by atoms with van der Waals surface area (Å²) >= 11 is 0. The maximum Gasteiger partial charge on any atom is 0.186 e. The van der Waals surface area contributed by atoms with Crippen molar-refractivity contribution >= 4 is 0 Å². The molecule has 0 radical (unpaired) electrons. The summed E-state index contributed by atoms with van der Waals surface area (Å²) in [5, 5.41) is 36.0. The Kier molecular flexibility index (Phi) is 12.5. The van der Waals surface area contributed by atoms with Gasteiger partial charge in [0.15, 0.2) is 6.29 Å². The molecule has 1 saturated heterocycles. The van der Waals surface area contributed by atoms with Crippen LogP contribution < -0.4 is 0 Å². The Morgan fingerprint density at radius 1 is 0.720 bits per heavy atom. The first-order valence-electron chi connectivity index (χ1n) is 8.27. The van der Waals surface area contributed by atoms with Gasteiger partial charge in [0.05, 0.1) is 59.5 Å². The van der Waals surface area contributed by atoms with Crippen molar-refractivity contribution < 1.29 is 48.8 Å². The molecule has 4 N–H and O–H groups in total. The summed E-state index contributed by atoms with van der Waals surface area (Å²) in [6.45, 7) is -0.314. The fourth-order valence-corrected chi connectivity index (χ4v) is 2.60. The molecule has 0 spiro atoms. The minimum absolute atomic E-state index is 0.0449. The lowest BCUT2D eigenvalue weighted by molar-refractivity contribution is -0.319. The van der Waals surface area contributed by atoms with E-state index >= 15 is 0 Å². The molecule has 1 aliphatic rings. The van der Waals surface area contributed by atoms with E-state index < -0.39 is 30.7 Å². The SMILES string of the molecule is CO[C@@H]1O[C@H](COCCO)C(OCCO)C(OCCO)C1OCCO. The predicted octanol–water partition coefficient (Wildman–Crippen LogP) is -2.50. The molecule has 10 nitrogen and oxygen atoms in total. The molecule has 0 aliphatic carbocycles. The molecule has 1 fully saturated rings. The van der Waals surface area contributed by atoms with Crippen LogP contribution in [0, 0.1) is 0 Å². The van der Waals surface area contributed by atoms with Crippen molar-refractivity contribution in [3.63, 3.8) is 0 Å². The summed E-state index contributed by atoms with van der Waals surface area (Å²) in [7, 11) is 1.45. The van der Waals surface area contributed by atoms with Crippen LogP contribution in [-0.4, -0.2) is 118 Å². The Hall–Kier alpha value is -0.400. The molecule has 0 saturated carbocycles. The minimum Gasteiger partial charge on any atom is -0.394 e. The third kappa shape index (κ3) is 7.39. The summed E-state index contributed by atoms with van der Waals surface area (Å²) in [4.78, 5) is 0. The van der Waals surface area contributed by atoms with Gasteiger partial charge in [0, 0.05) is 7.11 Å². The van der Waals surface area contributed by atoms with Gasteiger partial charge in [-0.3, -0.25) is 0 Å². The van der Waals surface area contributed by atoms with Gasteiger partial charge in [-0.25, -0.2) is 0 Å². The largest absolute Gasteiger partial charge is 0.394 e. The molecule has 3 unspecified atom stereocenters. The standard InChI is InChI=1S/C15H30O10/c1-20-15-14(24-9-5-19)13(23-8-4-18)12(22-7-3-17)11(25-15)10-21-6-2-16/h11-19H,2-10H2,1H3/t11-,12?,13?,14?,15-/m1/s1. The zero-order valence-electron chi connectivity index (χ0n) is 14.5. The highest BCUT2D eigenvalue weighted by atomic mass is 16.7. The van der Waals surface area contributed by atoms with Crippen molar-refractivity contribution in [2.45, 2.75) is 30.7 Å². The van der Waals surface area contributed by atoms with Crippen molar-refractivity contribution in [2.75, 3.05) is 66.6 Å². The van der Waals surface area contributed by atoms with Crippen LogP contribution in [0.2, 0.25) is 0 Å². The molecule has 0 bridgehead atoms. The van der Waals surface area contributed by atoms with Crippen LogP contribution in [-0.2, 0) is 28.4 Å². The number of aliphatic hydroxyl groups is 4. The van der Waals surface area contributed by atoms with E-state index in [-0.39, 0.29) is 59.5 Å². The monoisotopic (exact) mass is 370 g/mol. The average Bonchev–Trinajstić information content (AvgIpc) is 2.63. The highest BCUT2D eigenvalue weighted by molar-refractivity contribution is 4.93. The lowest BCUT2D eigenvalue weighted by atomic mass is 9.98. The second-order valence-corrected chi connectivity index (χ2v) is 5.25. The van der Waals surface area contributed by atoms with Gasteiger partial charge in [-0.05, 0) is 0 Å². The Morgan fingerprint density at radius 3 is 1.76 bits per heavy atom. The normalized spacial score (nSPS) is 29.9. The maximum atomic E-state index is 9.08. The van der Waals surface area contributed by atoms with Crippen LogP contribution in [0.5, 0.6) is 0 Å². The van der Waals surface area contributed by atoms with Crippen molar-refractivity contribution in [2.24, 2.45) is 0 Å². The van der Waals surface area contributed by atoms with E-state index in [9.17, 15) is 0 Å². The molecule has 1 aliphatic heterocycles. The summed E-state index contributed by atoms with van der Waals surface area (Å²) in [5.74, 6) is 0. The highest BCUT2D eigenvalue weighted by Gasteiger charge is 2.48. The molecule has 0 aromatic heterocycles. The lowest BCUT2D eigenvalue weighted by Gasteiger charge is -2.45. The van der Waals surface area contributed by atoms with Crippen LogP contribution >= 0.6 is 0 Å². The highest BCUT2D eigenvalue weighted by Crippen LogP contribution is 2.29. The van der Waals surface area contributed by atoms with Crippen LogP contribution in [0.1, 0.15) is 0 Å². The van der Waals surface area contributed by atoms with Crippen molar-refractivity contribution in [3.05, 3.63) is 0 Å². The number of methoxy groups -OCH3 is 1. The van der Waals surface area contributed by atoms with Crippen LogP contribution in [0.3, 0.4) is 0 Å². The van der Waals surface area contributed by atoms with Gasteiger partial charge in [0.25, 0.3) is 0 Å². The molecule has 1 rings (SSSR count). The molecule has 5 atom stereocenters. The van der Waals surface area contributed by atoms with Gasteiger partial charge < -0.3 is 48.8 Å². The van der Waals surface area contributed by atoms with Gasteiger partial charge in [-0.2, -0.15) is 0 Å². The first kappa shape index (κ1) is 22.6. The molecule has 0 aromatic rings. The van der Waals surface area contributed by atoms with E-state index in [1.807, 2.05) is 0 Å². The van der Waals surface area contributed by atoms with Gasteiger partial charge >= 0.3 is 0 Å². The number of hydrogen-bond acceptors (Lipinski definition) is 10.